The summed E-state index contributed by atoms with van der Waals surface area (Å²) in [5.74, 6) is -2.22. The van der Waals surface area contributed by atoms with Crippen LogP contribution in [0.25, 0.3) is 0 Å². The summed E-state index contributed by atoms with van der Waals surface area (Å²) < 4.78 is 26.8. The van der Waals surface area contributed by atoms with Gasteiger partial charge in [0.1, 0.15) is 11.6 Å². The summed E-state index contributed by atoms with van der Waals surface area (Å²) >= 11 is 0. The van der Waals surface area contributed by atoms with Gasteiger partial charge in [-0.25, -0.2) is 13.6 Å². The summed E-state index contributed by atoms with van der Waals surface area (Å²) in [5.41, 5.74) is 2.22. The Morgan fingerprint density at radius 1 is 1.08 bits per heavy atom. The molecule has 3 rings (SSSR count). The summed E-state index contributed by atoms with van der Waals surface area (Å²) in [5, 5.41) is 9.07. The van der Waals surface area contributed by atoms with Crippen LogP contribution in [0.2, 0.25) is 0 Å². The molecule has 0 aromatic heterocycles. The fraction of sp³-hybridized carbons (Fsp3) is 0.263. The lowest BCUT2D eigenvalue weighted by Crippen LogP contribution is -2.36. The van der Waals surface area contributed by atoms with Crippen molar-refractivity contribution in [3.8, 4) is 0 Å². The van der Waals surface area contributed by atoms with E-state index in [0.717, 1.165) is 29.3 Å². The van der Waals surface area contributed by atoms with E-state index in [1.54, 1.807) is 23.1 Å². The van der Waals surface area contributed by atoms with Crippen molar-refractivity contribution in [1.82, 2.24) is 4.90 Å². The zero-order valence-corrected chi connectivity index (χ0v) is 13.5. The van der Waals surface area contributed by atoms with Crippen LogP contribution < -0.4 is 0 Å². The molecule has 25 heavy (non-hydrogen) atoms. The van der Waals surface area contributed by atoms with Gasteiger partial charge in [-0.15, -0.1) is 0 Å². The zero-order valence-electron chi connectivity index (χ0n) is 13.5. The third-order valence-electron chi connectivity index (χ3n) is 4.43. The van der Waals surface area contributed by atoms with Crippen molar-refractivity contribution >= 4 is 11.9 Å². The zero-order chi connectivity index (χ0) is 18.0. The Labute approximate surface area is 143 Å². The fourth-order valence-corrected chi connectivity index (χ4v) is 3.04. The molecule has 0 bridgehead atoms. The maximum Gasteiger partial charge on any atom is 0.335 e. The van der Waals surface area contributed by atoms with E-state index >= 15 is 0 Å². The monoisotopic (exact) mass is 345 g/mol. The number of benzene rings is 2. The van der Waals surface area contributed by atoms with Gasteiger partial charge in [0.25, 0.3) is 0 Å². The van der Waals surface area contributed by atoms with Crippen LogP contribution in [0.5, 0.6) is 0 Å². The molecule has 2 aromatic carbocycles. The first-order valence-electron chi connectivity index (χ1n) is 8.01. The van der Waals surface area contributed by atoms with Gasteiger partial charge in [0.05, 0.1) is 5.56 Å². The second-order valence-corrected chi connectivity index (χ2v) is 6.09. The van der Waals surface area contributed by atoms with Crippen LogP contribution in [0.1, 0.15) is 33.5 Å². The van der Waals surface area contributed by atoms with Crippen LogP contribution in [-0.2, 0) is 24.2 Å². The Hall–Kier alpha value is -2.76. The number of carboxylic acid groups (broad SMARTS) is 1. The summed E-state index contributed by atoms with van der Waals surface area (Å²) in [4.78, 5) is 25.1. The molecule has 0 unspecified atom stereocenters. The molecule has 0 aliphatic carbocycles. The summed E-state index contributed by atoms with van der Waals surface area (Å²) in [6.07, 6.45) is 0.852. The Balaban J connectivity index is 1.67. The Morgan fingerprint density at radius 2 is 1.88 bits per heavy atom. The maximum atomic E-state index is 13.6. The lowest BCUT2D eigenvalue weighted by atomic mass is 9.97. The predicted octanol–water partition coefficient (Wildman–Crippen LogP) is 3.18. The second kappa shape index (κ2) is 7.01. The van der Waals surface area contributed by atoms with Crippen molar-refractivity contribution < 1.29 is 23.5 Å². The van der Waals surface area contributed by atoms with Gasteiger partial charge in [0.2, 0.25) is 5.91 Å². The van der Waals surface area contributed by atoms with E-state index in [1.807, 2.05) is 0 Å². The molecule has 0 radical (unpaired) electrons. The van der Waals surface area contributed by atoms with Gasteiger partial charge in [-0.05, 0) is 59.9 Å². The number of fused-ring (bicyclic) bond motifs is 1. The Morgan fingerprint density at radius 3 is 2.64 bits per heavy atom. The molecule has 2 aromatic rings. The average Bonchev–Trinajstić information content (AvgIpc) is 2.61. The highest BCUT2D eigenvalue weighted by Crippen LogP contribution is 2.22. The highest BCUT2D eigenvalue weighted by atomic mass is 19.1. The first-order valence-corrected chi connectivity index (χ1v) is 8.01. The molecule has 0 saturated carbocycles. The van der Waals surface area contributed by atoms with E-state index in [4.69, 9.17) is 5.11 Å². The number of nitrogens with zero attached hydrogens (tertiary/aromatic N) is 1. The topological polar surface area (TPSA) is 57.6 Å². The largest absolute Gasteiger partial charge is 0.478 e. The van der Waals surface area contributed by atoms with Gasteiger partial charge in [0.15, 0.2) is 0 Å². The standard InChI is InChI=1S/C19H17F2NO3/c20-16-4-5-17(21)13(10-16)3-6-18(23)22-8-7-12-1-2-14(19(24)25)9-15(12)11-22/h1-2,4-5,9-10H,3,6-8,11H2,(H,24,25). The molecule has 6 heteroatoms. The van der Waals surface area contributed by atoms with Gasteiger partial charge >= 0.3 is 5.97 Å². The molecule has 0 atom stereocenters. The predicted molar refractivity (Wildman–Crippen MR) is 87.2 cm³/mol. The molecule has 1 N–H and O–H groups in total. The van der Waals surface area contributed by atoms with Gasteiger partial charge < -0.3 is 10.0 Å². The first-order chi connectivity index (χ1) is 11.9. The maximum absolute atomic E-state index is 13.6. The number of hydrogen-bond donors (Lipinski definition) is 1. The summed E-state index contributed by atoms with van der Waals surface area (Å²) in [6, 6.07) is 8.13. The van der Waals surface area contributed by atoms with Gasteiger partial charge in [-0.2, -0.15) is 0 Å². The molecular weight excluding hydrogens is 328 g/mol. The molecule has 1 heterocycles. The molecule has 0 spiro atoms. The lowest BCUT2D eigenvalue weighted by Gasteiger charge is -2.29. The Kier molecular flexibility index (Phi) is 4.79. The number of rotatable bonds is 4. The molecule has 0 fully saturated rings. The molecule has 1 aliphatic rings. The minimum atomic E-state index is -1.01. The van der Waals surface area contributed by atoms with E-state index in [0.29, 0.717) is 19.5 Å². The van der Waals surface area contributed by atoms with E-state index in [9.17, 15) is 18.4 Å². The SMILES string of the molecule is O=C(O)c1ccc2c(c1)CN(C(=O)CCc1cc(F)ccc1F)CC2. The number of carboxylic acids is 1. The summed E-state index contributed by atoms with van der Waals surface area (Å²) in [6.45, 7) is 0.866. The molecule has 1 amide bonds. The highest BCUT2D eigenvalue weighted by Gasteiger charge is 2.21. The van der Waals surface area contributed by atoms with Crippen molar-refractivity contribution in [3.63, 3.8) is 0 Å². The van der Waals surface area contributed by atoms with Crippen molar-refractivity contribution in [1.29, 1.82) is 0 Å². The van der Waals surface area contributed by atoms with E-state index in [-0.39, 0.29) is 29.9 Å². The van der Waals surface area contributed by atoms with Crippen LogP contribution in [0.4, 0.5) is 8.78 Å². The second-order valence-electron chi connectivity index (χ2n) is 6.09. The molecule has 1 aliphatic heterocycles. The number of halogens is 2. The minimum Gasteiger partial charge on any atom is -0.478 e. The first kappa shape index (κ1) is 17.1. The molecule has 4 nitrogen and oxygen atoms in total. The number of carbonyl (C=O) groups is 2. The van der Waals surface area contributed by atoms with Crippen molar-refractivity contribution in [2.45, 2.75) is 25.8 Å². The van der Waals surface area contributed by atoms with E-state index in [1.165, 1.54) is 0 Å². The quantitative estimate of drug-likeness (QED) is 0.926. The normalized spacial score (nSPS) is 13.4. The third kappa shape index (κ3) is 3.84. The van der Waals surface area contributed by atoms with Crippen LogP contribution in [0.3, 0.4) is 0 Å². The van der Waals surface area contributed by atoms with Gasteiger partial charge in [-0.1, -0.05) is 6.07 Å². The van der Waals surface area contributed by atoms with Crippen LogP contribution >= 0.6 is 0 Å². The van der Waals surface area contributed by atoms with Crippen LogP contribution in [0, 0.1) is 11.6 Å². The number of aryl methyl sites for hydroxylation is 1. The van der Waals surface area contributed by atoms with E-state index in [2.05, 4.69) is 0 Å². The van der Waals surface area contributed by atoms with Crippen LogP contribution in [-0.4, -0.2) is 28.4 Å². The Bertz CT molecular complexity index is 835. The number of aromatic carboxylic acids is 1. The molecular formula is C19H17F2NO3. The molecule has 0 saturated heterocycles. The average molecular weight is 345 g/mol. The van der Waals surface area contributed by atoms with Crippen molar-refractivity contribution in [2.75, 3.05) is 6.54 Å². The number of carbonyl (C=O) groups excluding carboxylic acids is 1. The third-order valence-corrected chi connectivity index (χ3v) is 4.43. The smallest absolute Gasteiger partial charge is 0.335 e. The number of amides is 1. The van der Waals surface area contributed by atoms with Crippen molar-refractivity contribution in [3.05, 3.63) is 70.3 Å². The fourth-order valence-electron chi connectivity index (χ4n) is 3.04. The van der Waals surface area contributed by atoms with Crippen molar-refractivity contribution in [2.24, 2.45) is 0 Å². The van der Waals surface area contributed by atoms with Gasteiger partial charge in [0, 0.05) is 19.5 Å². The minimum absolute atomic E-state index is 0.0777. The lowest BCUT2D eigenvalue weighted by molar-refractivity contribution is -0.132. The van der Waals surface area contributed by atoms with Gasteiger partial charge in [-0.3, -0.25) is 4.79 Å². The van der Waals surface area contributed by atoms with E-state index < -0.39 is 17.6 Å². The molecule has 130 valence electrons. The summed E-state index contributed by atoms with van der Waals surface area (Å²) in [7, 11) is 0. The number of hydrogen-bond acceptors (Lipinski definition) is 2. The van der Waals surface area contributed by atoms with Crippen LogP contribution in [0.15, 0.2) is 36.4 Å². The highest BCUT2D eigenvalue weighted by molar-refractivity contribution is 5.88.